The predicted octanol–water partition coefficient (Wildman–Crippen LogP) is 3.40. The second kappa shape index (κ2) is 8.68. The third-order valence-electron chi connectivity index (χ3n) is 3.66. The highest BCUT2D eigenvalue weighted by Gasteiger charge is 2.24. The molecule has 27 heavy (non-hydrogen) atoms. The van der Waals surface area contributed by atoms with E-state index in [1.165, 1.54) is 12.1 Å². The third kappa shape index (κ3) is 4.85. The number of benzene rings is 1. The Balaban J connectivity index is 2.03. The molecule has 0 atom stereocenters. The molecule has 0 saturated carbocycles. The zero-order valence-corrected chi connectivity index (χ0v) is 15.7. The van der Waals surface area contributed by atoms with Gasteiger partial charge in [-0.15, -0.1) is 0 Å². The Bertz CT molecular complexity index is 894. The van der Waals surface area contributed by atoms with E-state index in [1.54, 1.807) is 20.8 Å². The van der Waals surface area contributed by atoms with Crippen LogP contribution in [-0.4, -0.2) is 36.0 Å². The monoisotopic (exact) mass is 396 g/mol. The summed E-state index contributed by atoms with van der Waals surface area (Å²) in [5.74, 6) is -2.81. The molecule has 2 N–H and O–H groups in total. The first-order valence-electron chi connectivity index (χ1n) is 8.02. The van der Waals surface area contributed by atoms with Gasteiger partial charge in [-0.2, -0.15) is 0 Å². The van der Waals surface area contributed by atoms with Crippen LogP contribution in [0.15, 0.2) is 18.2 Å². The molecule has 9 heteroatoms. The Morgan fingerprint density at radius 1 is 1.19 bits per heavy atom. The molecular weight excluding hydrogens is 379 g/mol. The van der Waals surface area contributed by atoms with Crippen LogP contribution in [0.25, 0.3) is 0 Å². The first-order valence-corrected chi connectivity index (χ1v) is 8.40. The van der Waals surface area contributed by atoms with Gasteiger partial charge in [0.2, 0.25) is 0 Å². The Labute approximate surface area is 159 Å². The van der Waals surface area contributed by atoms with Gasteiger partial charge >= 0.3 is 11.9 Å². The number of esters is 2. The largest absolute Gasteiger partial charge is 0.461 e. The minimum atomic E-state index is -0.788. The minimum Gasteiger partial charge on any atom is -0.461 e. The maximum Gasteiger partial charge on any atom is 0.355 e. The van der Waals surface area contributed by atoms with Gasteiger partial charge in [-0.3, -0.25) is 4.79 Å². The molecule has 0 fully saturated rings. The SMILES string of the molecule is CCOC(=O)c1[nH]c(C)c(C(=O)OCC(=O)Nc2ccc(Cl)cc2F)c1C. The van der Waals surface area contributed by atoms with Gasteiger partial charge in [0.1, 0.15) is 11.5 Å². The highest BCUT2D eigenvalue weighted by Crippen LogP contribution is 2.21. The first-order chi connectivity index (χ1) is 12.7. The lowest BCUT2D eigenvalue weighted by atomic mass is 10.1. The molecule has 0 radical (unpaired) electrons. The molecule has 0 unspecified atom stereocenters. The van der Waals surface area contributed by atoms with Crippen molar-refractivity contribution < 1.29 is 28.2 Å². The van der Waals surface area contributed by atoms with Gasteiger partial charge < -0.3 is 19.8 Å². The van der Waals surface area contributed by atoms with Crippen LogP contribution >= 0.6 is 11.6 Å². The van der Waals surface area contributed by atoms with E-state index in [1.807, 2.05) is 0 Å². The van der Waals surface area contributed by atoms with Gasteiger partial charge in [-0.1, -0.05) is 11.6 Å². The van der Waals surface area contributed by atoms with Crippen molar-refractivity contribution in [3.05, 3.63) is 51.6 Å². The molecule has 1 heterocycles. The quantitative estimate of drug-likeness (QED) is 0.729. The van der Waals surface area contributed by atoms with Crippen LogP contribution in [0.4, 0.5) is 10.1 Å². The summed E-state index contributed by atoms with van der Waals surface area (Å²) >= 11 is 5.64. The van der Waals surface area contributed by atoms with E-state index < -0.39 is 30.3 Å². The third-order valence-corrected chi connectivity index (χ3v) is 3.90. The lowest BCUT2D eigenvalue weighted by Crippen LogP contribution is -2.22. The van der Waals surface area contributed by atoms with Crippen molar-refractivity contribution in [3.63, 3.8) is 0 Å². The number of carbonyl (C=O) groups is 3. The number of ether oxygens (including phenoxy) is 2. The number of hydrogen-bond donors (Lipinski definition) is 2. The molecule has 1 aromatic carbocycles. The Morgan fingerprint density at radius 2 is 1.89 bits per heavy atom. The zero-order chi connectivity index (χ0) is 20.1. The molecule has 0 spiro atoms. The fourth-order valence-electron chi connectivity index (χ4n) is 2.44. The molecule has 144 valence electrons. The number of rotatable bonds is 6. The van der Waals surface area contributed by atoms with E-state index in [4.69, 9.17) is 21.1 Å². The summed E-state index contributed by atoms with van der Waals surface area (Å²) in [4.78, 5) is 38.8. The Hall–Kier alpha value is -2.87. The number of anilines is 1. The molecule has 0 aliphatic carbocycles. The number of amides is 1. The first kappa shape index (κ1) is 20.4. The van der Waals surface area contributed by atoms with Crippen LogP contribution in [0.3, 0.4) is 0 Å². The fourth-order valence-corrected chi connectivity index (χ4v) is 2.60. The molecular formula is C18H18ClFN2O5. The summed E-state index contributed by atoms with van der Waals surface area (Å²) in [5.41, 5.74) is 0.973. The Kier molecular flexibility index (Phi) is 6.57. The summed E-state index contributed by atoms with van der Waals surface area (Å²) in [6.07, 6.45) is 0. The van der Waals surface area contributed by atoms with Gasteiger partial charge in [0, 0.05) is 10.7 Å². The maximum atomic E-state index is 13.7. The lowest BCUT2D eigenvalue weighted by molar-refractivity contribution is -0.119. The van der Waals surface area contributed by atoms with Crippen molar-refractivity contribution in [2.45, 2.75) is 20.8 Å². The topological polar surface area (TPSA) is 97.5 Å². The van der Waals surface area contributed by atoms with Crippen LogP contribution < -0.4 is 5.32 Å². The fraction of sp³-hybridized carbons (Fsp3) is 0.278. The van der Waals surface area contributed by atoms with Crippen LogP contribution in [0.2, 0.25) is 5.02 Å². The zero-order valence-electron chi connectivity index (χ0n) is 14.9. The molecule has 0 aliphatic rings. The number of aromatic amines is 1. The number of H-pyrrole nitrogens is 1. The normalized spacial score (nSPS) is 10.4. The number of carbonyl (C=O) groups excluding carboxylic acids is 3. The van der Waals surface area contributed by atoms with E-state index in [-0.39, 0.29) is 28.6 Å². The van der Waals surface area contributed by atoms with Gasteiger partial charge in [0.15, 0.2) is 6.61 Å². The van der Waals surface area contributed by atoms with Crippen molar-refractivity contribution in [3.8, 4) is 0 Å². The summed E-state index contributed by atoms with van der Waals surface area (Å²) in [7, 11) is 0. The molecule has 1 aromatic heterocycles. The number of nitrogens with one attached hydrogen (secondary N) is 2. The summed E-state index contributed by atoms with van der Waals surface area (Å²) in [6.45, 7) is 4.39. The van der Waals surface area contributed by atoms with E-state index in [0.717, 1.165) is 6.07 Å². The summed E-state index contributed by atoms with van der Waals surface area (Å²) < 4.78 is 23.5. The maximum absolute atomic E-state index is 13.7. The molecule has 7 nitrogen and oxygen atoms in total. The van der Waals surface area contributed by atoms with Crippen molar-refractivity contribution in [1.82, 2.24) is 4.98 Å². The van der Waals surface area contributed by atoms with Gasteiger partial charge in [-0.05, 0) is 44.5 Å². The molecule has 0 aliphatic heterocycles. The second-order valence-corrected chi connectivity index (χ2v) is 6.03. The van der Waals surface area contributed by atoms with Crippen LogP contribution in [-0.2, 0) is 14.3 Å². The van der Waals surface area contributed by atoms with Gasteiger partial charge in [-0.25, -0.2) is 14.0 Å². The van der Waals surface area contributed by atoms with Crippen molar-refractivity contribution in [1.29, 1.82) is 0 Å². The summed E-state index contributed by atoms with van der Waals surface area (Å²) in [6, 6.07) is 3.76. The van der Waals surface area contributed by atoms with Gasteiger partial charge in [0.05, 0.1) is 17.9 Å². The van der Waals surface area contributed by atoms with Crippen LogP contribution in [0.5, 0.6) is 0 Å². The molecule has 2 rings (SSSR count). The molecule has 2 aromatic rings. The van der Waals surface area contributed by atoms with Crippen molar-refractivity contribution in [2.24, 2.45) is 0 Å². The van der Waals surface area contributed by atoms with Crippen LogP contribution in [0, 0.1) is 19.7 Å². The number of aryl methyl sites for hydroxylation is 1. The number of aromatic nitrogens is 1. The Morgan fingerprint density at radius 3 is 2.52 bits per heavy atom. The van der Waals surface area contributed by atoms with Crippen LogP contribution in [0.1, 0.15) is 39.0 Å². The smallest absolute Gasteiger partial charge is 0.355 e. The van der Waals surface area contributed by atoms with Crippen molar-refractivity contribution in [2.75, 3.05) is 18.5 Å². The average Bonchev–Trinajstić information content (AvgIpc) is 2.90. The molecule has 0 bridgehead atoms. The second-order valence-electron chi connectivity index (χ2n) is 5.59. The predicted molar refractivity (Wildman–Crippen MR) is 96.5 cm³/mol. The highest BCUT2D eigenvalue weighted by molar-refractivity contribution is 6.30. The number of halogens is 2. The van der Waals surface area contributed by atoms with E-state index in [0.29, 0.717) is 11.3 Å². The number of hydrogen-bond acceptors (Lipinski definition) is 5. The summed E-state index contributed by atoms with van der Waals surface area (Å²) in [5, 5.41) is 2.47. The lowest BCUT2D eigenvalue weighted by Gasteiger charge is -2.08. The van der Waals surface area contributed by atoms with E-state index in [2.05, 4.69) is 10.3 Å². The molecule has 0 saturated heterocycles. The van der Waals surface area contributed by atoms with E-state index in [9.17, 15) is 18.8 Å². The highest BCUT2D eigenvalue weighted by atomic mass is 35.5. The average molecular weight is 397 g/mol. The van der Waals surface area contributed by atoms with Crippen molar-refractivity contribution >= 4 is 35.1 Å². The van der Waals surface area contributed by atoms with Gasteiger partial charge in [0.25, 0.3) is 5.91 Å². The molecule has 1 amide bonds. The minimum absolute atomic E-state index is 0.0842. The standard InChI is InChI=1S/C18H18ClFN2O5/c1-4-26-18(25)16-9(2)15(10(3)21-16)17(24)27-8-14(23)22-13-6-5-11(19)7-12(13)20/h5-7,21H,4,8H2,1-3H3,(H,22,23). The van der Waals surface area contributed by atoms with E-state index >= 15 is 0 Å².